The zero-order valence-corrected chi connectivity index (χ0v) is 21.7. The summed E-state index contributed by atoms with van der Waals surface area (Å²) in [5.74, 6) is -1.31. The third-order valence-electron chi connectivity index (χ3n) is 7.75. The molecule has 37 heavy (non-hydrogen) atoms. The molecule has 0 aliphatic carbocycles. The molecule has 2 aliphatic rings. The fourth-order valence-corrected chi connectivity index (χ4v) is 5.82. The molecule has 1 unspecified atom stereocenters. The van der Waals surface area contributed by atoms with E-state index >= 15 is 0 Å². The van der Waals surface area contributed by atoms with Gasteiger partial charge >= 0.3 is 5.97 Å². The molecule has 0 spiro atoms. The van der Waals surface area contributed by atoms with Crippen molar-refractivity contribution >= 4 is 34.5 Å². The number of nitrogens with zero attached hydrogens (tertiary/aromatic N) is 3. The first-order valence-corrected chi connectivity index (χ1v) is 13.2. The predicted octanol–water partition coefficient (Wildman–Crippen LogP) is 1.92. The van der Waals surface area contributed by atoms with Gasteiger partial charge in [-0.2, -0.15) is 0 Å². The Hall–Kier alpha value is -3.40. The smallest absolute Gasteiger partial charge is 0.325 e. The van der Waals surface area contributed by atoms with Gasteiger partial charge in [-0.05, 0) is 76.4 Å². The highest BCUT2D eigenvalue weighted by Crippen LogP contribution is 2.28. The number of aliphatic carboxylic acids is 1. The van der Waals surface area contributed by atoms with Gasteiger partial charge in [-0.15, -0.1) is 0 Å². The van der Waals surface area contributed by atoms with Gasteiger partial charge in [-0.25, -0.2) is 0 Å². The molecule has 200 valence electrons. The highest BCUT2D eigenvalue weighted by molar-refractivity contribution is 5.98. The molecule has 10 nitrogen and oxygen atoms in total. The highest BCUT2D eigenvalue weighted by Gasteiger charge is 2.38. The number of rotatable bonds is 10. The number of hydrogen-bond acceptors (Lipinski definition) is 5. The maximum Gasteiger partial charge on any atom is 0.325 e. The van der Waals surface area contributed by atoms with Crippen molar-refractivity contribution in [2.75, 3.05) is 19.6 Å². The number of hydrogen-bond donors (Lipinski definition) is 4. The van der Waals surface area contributed by atoms with Crippen LogP contribution in [0.5, 0.6) is 0 Å². The van der Waals surface area contributed by atoms with Crippen LogP contribution in [0, 0.1) is 5.41 Å². The molecule has 1 aromatic carbocycles. The lowest BCUT2D eigenvalue weighted by Gasteiger charge is -2.31. The molecular weight excluding hydrogens is 472 g/mol. The van der Waals surface area contributed by atoms with Crippen LogP contribution in [0.4, 0.5) is 0 Å². The molecule has 0 saturated carbocycles. The van der Waals surface area contributed by atoms with Crippen molar-refractivity contribution in [2.45, 2.75) is 77.0 Å². The van der Waals surface area contributed by atoms with Gasteiger partial charge in [0.1, 0.15) is 11.9 Å². The second-order valence-electron chi connectivity index (χ2n) is 10.2. The largest absolute Gasteiger partial charge is 0.480 e. The zero-order chi connectivity index (χ0) is 26.7. The number of nitrogen functional groups attached to an aromatic ring is 1. The molecule has 1 aromatic heterocycles. The van der Waals surface area contributed by atoms with Crippen molar-refractivity contribution in [2.24, 2.45) is 5.73 Å². The average Bonchev–Trinajstić information content (AvgIpc) is 3.59. The molecule has 5 N–H and O–H groups in total. The number of aromatic nitrogens is 1. The highest BCUT2D eigenvalue weighted by atomic mass is 16.4. The summed E-state index contributed by atoms with van der Waals surface area (Å²) in [4.78, 5) is 40.9. The van der Waals surface area contributed by atoms with Crippen LogP contribution in [0.3, 0.4) is 0 Å². The van der Waals surface area contributed by atoms with E-state index in [1.165, 1.54) is 12.6 Å². The van der Waals surface area contributed by atoms with Crippen LogP contribution in [0.2, 0.25) is 0 Å². The van der Waals surface area contributed by atoms with E-state index in [4.69, 9.17) is 16.2 Å². The van der Waals surface area contributed by atoms with E-state index in [1.54, 1.807) is 0 Å². The van der Waals surface area contributed by atoms with Gasteiger partial charge in [-0.3, -0.25) is 24.7 Å². The van der Waals surface area contributed by atoms with Gasteiger partial charge in [0.05, 0.1) is 12.6 Å². The van der Waals surface area contributed by atoms with Crippen molar-refractivity contribution in [3.05, 3.63) is 35.5 Å². The van der Waals surface area contributed by atoms with Crippen LogP contribution >= 0.6 is 0 Å². The number of aryl methyl sites for hydroxylation is 2. The van der Waals surface area contributed by atoms with Crippen LogP contribution in [0.25, 0.3) is 10.9 Å². The minimum Gasteiger partial charge on any atom is -0.480 e. The zero-order valence-electron chi connectivity index (χ0n) is 21.7. The SMILES string of the molecule is CCn1c(CC[C@@H]2CCCN2C(=O)[C@H]2CCCN2CC(=O)NC(C)C(=O)O)cc2ccc(C(=N)N)cc21. The number of likely N-dealkylation sites (tertiary alicyclic amines) is 2. The molecule has 3 heterocycles. The summed E-state index contributed by atoms with van der Waals surface area (Å²) in [6.07, 6.45) is 5.21. The summed E-state index contributed by atoms with van der Waals surface area (Å²) in [6.45, 7) is 5.77. The summed E-state index contributed by atoms with van der Waals surface area (Å²) >= 11 is 0. The van der Waals surface area contributed by atoms with Crippen LogP contribution < -0.4 is 11.1 Å². The first-order chi connectivity index (χ1) is 17.7. The molecule has 4 rings (SSSR count). The quantitative estimate of drug-likeness (QED) is 0.284. The standard InChI is InChI=1S/C27H38N6O4/c1-3-32-21(14-18-8-9-19(25(28)29)15-23(18)32)11-10-20-6-4-13-33(20)26(35)22-7-5-12-31(22)16-24(34)30-17(2)27(36)37/h8-9,14-15,17,20,22H,3-7,10-13,16H2,1-2H3,(H3,28,29)(H,30,34)(H,36,37)/t17?,20-,22+/m0/s1. The molecule has 2 saturated heterocycles. The molecular formula is C27H38N6O4. The van der Waals surface area contributed by atoms with E-state index in [9.17, 15) is 14.4 Å². The number of carbonyl (C=O) groups is 3. The van der Waals surface area contributed by atoms with E-state index < -0.39 is 12.0 Å². The lowest BCUT2D eigenvalue weighted by atomic mass is 10.1. The number of nitrogens with two attached hydrogens (primary N) is 1. The molecule has 2 amide bonds. The Morgan fingerprint density at radius 2 is 1.95 bits per heavy atom. The van der Waals surface area contributed by atoms with E-state index in [2.05, 4.69) is 22.9 Å². The Morgan fingerprint density at radius 1 is 1.19 bits per heavy atom. The summed E-state index contributed by atoms with van der Waals surface area (Å²) in [5.41, 5.74) is 8.69. The Labute approximate surface area is 217 Å². The fourth-order valence-electron chi connectivity index (χ4n) is 5.82. The molecule has 2 aliphatic heterocycles. The monoisotopic (exact) mass is 510 g/mol. The molecule has 0 bridgehead atoms. The Kier molecular flexibility index (Phi) is 8.16. The van der Waals surface area contributed by atoms with Gasteiger partial charge in [-0.1, -0.05) is 12.1 Å². The van der Waals surface area contributed by atoms with Gasteiger partial charge in [0.25, 0.3) is 0 Å². The minimum atomic E-state index is -1.08. The van der Waals surface area contributed by atoms with Crippen molar-refractivity contribution < 1.29 is 19.5 Å². The number of nitrogens with one attached hydrogen (secondary N) is 2. The summed E-state index contributed by atoms with van der Waals surface area (Å²) in [6, 6.07) is 6.92. The number of fused-ring (bicyclic) bond motifs is 1. The van der Waals surface area contributed by atoms with Crippen molar-refractivity contribution in [1.82, 2.24) is 19.7 Å². The van der Waals surface area contributed by atoms with E-state index in [0.717, 1.165) is 56.1 Å². The Bertz CT molecular complexity index is 1190. The first kappa shape index (κ1) is 26.7. The van der Waals surface area contributed by atoms with Gasteiger partial charge in [0.2, 0.25) is 11.8 Å². The third-order valence-corrected chi connectivity index (χ3v) is 7.75. The molecule has 0 radical (unpaired) electrons. The number of benzene rings is 1. The van der Waals surface area contributed by atoms with E-state index in [1.807, 2.05) is 28.0 Å². The number of carbonyl (C=O) groups excluding carboxylic acids is 2. The summed E-state index contributed by atoms with van der Waals surface area (Å²) in [5, 5.41) is 20.4. The summed E-state index contributed by atoms with van der Waals surface area (Å²) in [7, 11) is 0. The fraction of sp³-hybridized carbons (Fsp3) is 0.556. The van der Waals surface area contributed by atoms with Gasteiger partial charge in [0.15, 0.2) is 0 Å². The predicted molar refractivity (Wildman–Crippen MR) is 142 cm³/mol. The Balaban J connectivity index is 1.41. The van der Waals surface area contributed by atoms with Crippen LogP contribution in [-0.2, 0) is 27.3 Å². The number of amides is 2. The van der Waals surface area contributed by atoms with Crippen LogP contribution in [0.15, 0.2) is 24.3 Å². The van der Waals surface area contributed by atoms with Gasteiger partial charge < -0.3 is 25.6 Å². The molecule has 10 heteroatoms. The Morgan fingerprint density at radius 3 is 2.65 bits per heavy atom. The van der Waals surface area contributed by atoms with E-state index in [0.29, 0.717) is 18.5 Å². The molecule has 2 aromatic rings. The van der Waals surface area contributed by atoms with Crippen molar-refractivity contribution in [3.63, 3.8) is 0 Å². The normalized spacial score (nSPS) is 20.9. The van der Waals surface area contributed by atoms with Crippen molar-refractivity contribution in [1.29, 1.82) is 5.41 Å². The number of amidine groups is 1. The van der Waals surface area contributed by atoms with Crippen LogP contribution in [-0.4, -0.2) is 80.9 Å². The minimum absolute atomic E-state index is 0.0331. The topological polar surface area (TPSA) is 145 Å². The van der Waals surface area contributed by atoms with Crippen molar-refractivity contribution in [3.8, 4) is 0 Å². The van der Waals surface area contributed by atoms with Crippen LogP contribution in [0.1, 0.15) is 57.2 Å². The van der Waals surface area contributed by atoms with Gasteiger partial charge in [0, 0.05) is 35.9 Å². The van der Waals surface area contributed by atoms with E-state index in [-0.39, 0.29) is 36.3 Å². The number of carboxylic acid groups (broad SMARTS) is 1. The average molecular weight is 511 g/mol. The summed E-state index contributed by atoms with van der Waals surface area (Å²) < 4.78 is 2.26. The molecule has 3 atom stereocenters. The lowest BCUT2D eigenvalue weighted by Crippen LogP contribution is -2.51. The first-order valence-electron chi connectivity index (χ1n) is 13.2. The second kappa shape index (κ2) is 11.3. The molecule has 2 fully saturated rings. The lowest BCUT2D eigenvalue weighted by molar-refractivity contribution is -0.142. The maximum absolute atomic E-state index is 13.6. The maximum atomic E-state index is 13.6. The second-order valence-corrected chi connectivity index (χ2v) is 10.2. The number of carboxylic acids is 1. The third kappa shape index (κ3) is 5.79.